The van der Waals surface area contributed by atoms with Crippen LogP contribution in [0.1, 0.15) is 21.5 Å². The van der Waals surface area contributed by atoms with Crippen molar-refractivity contribution in [1.82, 2.24) is 10.3 Å². The second-order valence-corrected chi connectivity index (χ2v) is 6.06. The predicted molar refractivity (Wildman–Crippen MR) is 109 cm³/mol. The van der Waals surface area contributed by atoms with Crippen molar-refractivity contribution >= 4 is 11.7 Å². The summed E-state index contributed by atoms with van der Waals surface area (Å²) in [5.41, 5.74) is 2.37. The third-order valence-corrected chi connectivity index (χ3v) is 4.32. The van der Waals surface area contributed by atoms with Crippen LogP contribution in [0.5, 0.6) is 11.5 Å². The standard InChI is InChI=1S/C22H23N3O3/c1-27-19-11-5-3-8-16(19)14-24-21-18(10-7-13-23-21)22(26)25-15-17-9-4-6-12-20(17)28-2/h3-13H,14-15H2,1-2H3,(H,23,24)(H,25,26). The third kappa shape index (κ3) is 4.59. The van der Waals surface area contributed by atoms with Crippen molar-refractivity contribution in [3.05, 3.63) is 83.6 Å². The van der Waals surface area contributed by atoms with Crippen LogP contribution >= 0.6 is 0 Å². The lowest BCUT2D eigenvalue weighted by Gasteiger charge is -2.13. The van der Waals surface area contributed by atoms with Gasteiger partial charge >= 0.3 is 0 Å². The fourth-order valence-electron chi connectivity index (χ4n) is 2.88. The minimum absolute atomic E-state index is 0.207. The van der Waals surface area contributed by atoms with E-state index in [0.717, 1.165) is 22.6 Å². The highest BCUT2D eigenvalue weighted by molar-refractivity contribution is 5.98. The quantitative estimate of drug-likeness (QED) is 0.627. The lowest BCUT2D eigenvalue weighted by Crippen LogP contribution is -2.24. The highest BCUT2D eigenvalue weighted by Gasteiger charge is 2.13. The zero-order valence-electron chi connectivity index (χ0n) is 15.9. The first kappa shape index (κ1) is 19.2. The number of para-hydroxylation sites is 2. The number of nitrogens with zero attached hydrogens (tertiary/aromatic N) is 1. The maximum Gasteiger partial charge on any atom is 0.255 e. The fraction of sp³-hybridized carbons (Fsp3) is 0.182. The predicted octanol–water partition coefficient (Wildman–Crippen LogP) is 3.64. The molecular weight excluding hydrogens is 354 g/mol. The Balaban J connectivity index is 1.70. The first-order valence-corrected chi connectivity index (χ1v) is 8.93. The molecule has 0 unspecified atom stereocenters. The summed E-state index contributed by atoms with van der Waals surface area (Å²) in [7, 11) is 3.25. The highest BCUT2D eigenvalue weighted by atomic mass is 16.5. The third-order valence-electron chi connectivity index (χ3n) is 4.32. The summed E-state index contributed by atoms with van der Waals surface area (Å²) in [5.74, 6) is 1.84. The number of benzene rings is 2. The fourth-order valence-corrected chi connectivity index (χ4v) is 2.88. The van der Waals surface area contributed by atoms with Crippen LogP contribution in [0.3, 0.4) is 0 Å². The number of amides is 1. The van der Waals surface area contributed by atoms with E-state index < -0.39 is 0 Å². The van der Waals surface area contributed by atoms with Crippen LogP contribution in [0.2, 0.25) is 0 Å². The topological polar surface area (TPSA) is 72.5 Å². The number of carbonyl (C=O) groups excluding carboxylic acids is 1. The average Bonchev–Trinajstić information content (AvgIpc) is 2.76. The Morgan fingerprint density at radius 2 is 1.46 bits per heavy atom. The van der Waals surface area contributed by atoms with Gasteiger partial charge in [-0.25, -0.2) is 4.98 Å². The van der Waals surface area contributed by atoms with Gasteiger partial charge in [0, 0.05) is 30.4 Å². The Kier molecular flexibility index (Phi) is 6.46. The van der Waals surface area contributed by atoms with Crippen molar-refractivity contribution in [2.45, 2.75) is 13.1 Å². The number of carbonyl (C=O) groups is 1. The molecule has 0 aliphatic rings. The number of rotatable bonds is 8. The van der Waals surface area contributed by atoms with E-state index in [-0.39, 0.29) is 5.91 Å². The molecule has 0 bridgehead atoms. The maximum absolute atomic E-state index is 12.7. The molecule has 1 aromatic heterocycles. The van der Waals surface area contributed by atoms with Crippen LogP contribution in [0.25, 0.3) is 0 Å². The van der Waals surface area contributed by atoms with Gasteiger partial charge in [0.2, 0.25) is 0 Å². The summed E-state index contributed by atoms with van der Waals surface area (Å²) in [6.07, 6.45) is 1.65. The van der Waals surface area contributed by atoms with Crippen LogP contribution in [0.15, 0.2) is 66.9 Å². The summed E-state index contributed by atoms with van der Waals surface area (Å²) < 4.78 is 10.7. The summed E-state index contributed by atoms with van der Waals surface area (Å²) in [6, 6.07) is 18.8. The number of ether oxygens (including phenoxy) is 2. The minimum Gasteiger partial charge on any atom is -0.496 e. The van der Waals surface area contributed by atoms with Crippen molar-refractivity contribution in [2.24, 2.45) is 0 Å². The van der Waals surface area contributed by atoms with Crippen LogP contribution in [-0.4, -0.2) is 25.1 Å². The molecule has 28 heavy (non-hydrogen) atoms. The molecule has 0 atom stereocenters. The Labute approximate surface area is 164 Å². The maximum atomic E-state index is 12.7. The molecule has 0 radical (unpaired) electrons. The highest BCUT2D eigenvalue weighted by Crippen LogP contribution is 2.20. The molecule has 0 aliphatic heterocycles. The molecule has 6 heteroatoms. The van der Waals surface area contributed by atoms with Crippen molar-refractivity contribution in [2.75, 3.05) is 19.5 Å². The molecule has 3 rings (SSSR count). The molecule has 2 aromatic carbocycles. The summed E-state index contributed by atoms with van der Waals surface area (Å²) in [4.78, 5) is 17.0. The molecule has 144 valence electrons. The Bertz CT molecular complexity index is 944. The average molecular weight is 377 g/mol. The van der Waals surface area contributed by atoms with E-state index in [1.165, 1.54) is 0 Å². The molecule has 3 aromatic rings. The normalized spacial score (nSPS) is 10.2. The summed E-state index contributed by atoms with van der Waals surface area (Å²) in [5, 5.41) is 6.16. The van der Waals surface area contributed by atoms with E-state index in [0.29, 0.717) is 24.5 Å². The molecule has 2 N–H and O–H groups in total. The van der Waals surface area contributed by atoms with Gasteiger partial charge in [-0.3, -0.25) is 4.79 Å². The van der Waals surface area contributed by atoms with Crippen molar-refractivity contribution in [3.8, 4) is 11.5 Å². The zero-order chi connectivity index (χ0) is 19.8. The van der Waals surface area contributed by atoms with Crippen molar-refractivity contribution in [1.29, 1.82) is 0 Å². The number of hydrogen-bond donors (Lipinski definition) is 2. The van der Waals surface area contributed by atoms with Crippen LogP contribution < -0.4 is 20.1 Å². The second-order valence-electron chi connectivity index (χ2n) is 6.06. The second kappa shape index (κ2) is 9.41. The van der Waals surface area contributed by atoms with Crippen molar-refractivity contribution in [3.63, 3.8) is 0 Å². The molecule has 0 spiro atoms. The van der Waals surface area contributed by atoms with Gasteiger partial charge in [-0.2, -0.15) is 0 Å². The van der Waals surface area contributed by atoms with E-state index in [4.69, 9.17) is 9.47 Å². The molecule has 0 fully saturated rings. The number of aromatic nitrogens is 1. The molecule has 1 heterocycles. The van der Waals surface area contributed by atoms with Gasteiger partial charge in [0.1, 0.15) is 17.3 Å². The van der Waals surface area contributed by atoms with E-state index >= 15 is 0 Å². The Hall–Kier alpha value is -3.54. The molecule has 1 amide bonds. The van der Waals surface area contributed by atoms with Crippen LogP contribution in [0.4, 0.5) is 5.82 Å². The monoisotopic (exact) mass is 377 g/mol. The number of anilines is 1. The summed E-state index contributed by atoms with van der Waals surface area (Å²) in [6.45, 7) is 0.859. The molecule has 0 saturated carbocycles. The molecule has 0 aliphatic carbocycles. The first-order valence-electron chi connectivity index (χ1n) is 8.93. The number of nitrogens with one attached hydrogen (secondary N) is 2. The van der Waals surface area contributed by atoms with Crippen LogP contribution in [-0.2, 0) is 13.1 Å². The molecular formula is C22H23N3O3. The molecule has 6 nitrogen and oxygen atoms in total. The van der Waals surface area contributed by atoms with E-state index in [9.17, 15) is 4.79 Å². The smallest absolute Gasteiger partial charge is 0.255 e. The lowest BCUT2D eigenvalue weighted by atomic mass is 10.1. The van der Waals surface area contributed by atoms with Gasteiger partial charge < -0.3 is 20.1 Å². The number of methoxy groups -OCH3 is 2. The first-order chi connectivity index (χ1) is 13.7. The van der Waals surface area contributed by atoms with E-state index in [1.807, 2.05) is 48.5 Å². The zero-order valence-corrected chi connectivity index (χ0v) is 15.9. The Morgan fingerprint density at radius 3 is 2.11 bits per heavy atom. The number of hydrogen-bond acceptors (Lipinski definition) is 5. The van der Waals surface area contributed by atoms with Gasteiger partial charge in [0.05, 0.1) is 19.8 Å². The van der Waals surface area contributed by atoms with Crippen LogP contribution in [0, 0.1) is 0 Å². The SMILES string of the molecule is COc1ccccc1CNC(=O)c1cccnc1NCc1ccccc1OC. The Morgan fingerprint density at radius 1 is 0.857 bits per heavy atom. The lowest BCUT2D eigenvalue weighted by molar-refractivity contribution is 0.0951. The van der Waals surface area contributed by atoms with Gasteiger partial charge in [-0.05, 0) is 24.3 Å². The van der Waals surface area contributed by atoms with Gasteiger partial charge in [-0.1, -0.05) is 36.4 Å². The minimum atomic E-state index is -0.207. The van der Waals surface area contributed by atoms with Gasteiger partial charge in [-0.15, -0.1) is 0 Å². The van der Waals surface area contributed by atoms with Gasteiger partial charge in [0.25, 0.3) is 5.91 Å². The van der Waals surface area contributed by atoms with Crippen molar-refractivity contribution < 1.29 is 14.3 Å². The van der Waals surface area contributed by atoms with E-state index in [2.05, 4.69) is 15.6 Å². The van der Waals surface area contributed by atoms with E-state index in [1.54, 1.807) is 32.5 Å². The molecule has 0 saturated heterocycles. The largest absolute Gasteiger partial charge is 0.496 e. The van der Waals surface area contributed by atoms with Gasteiger partial charge in [0.15, 0.2) is 0 Å². The number of pyridine rings is 1. The summed E-state index contributed by atoms with van der Waals surface area (Å²) >= 11 is 0.